The van der Waals surface area contributed by atoms with Gasteiger partial charge in [0.2, 0.25) is 0 Å². The Bertz CT molecular complexity index is 911. The third kappa shape index (κ3) is 3.48. The molecule has 154 valence electrons. The molecular weight excluding hydrogens is 402 g/mol. The van der Waals surface area contributed by atoms with E-state index in [2.05, 4.69) is 5.32 Å². The van der Waals surface area contributed by atoms with Crippen LogP contribution in [0.4, 0.5) is 0 Å². The summed E-state index contributed by atoms with van der Waals surface area (Å²) in [6.07, 6.45) is 2.91. The standard InChI is InChI=1S/C20H20ClNO7/c21-12-3-1-2-11(6-12)15(23)9-22-14-5-4-10-7-16-17(8-13(10)14)29-20(28-16,18(24)25)19(26)27/h1-3,6-7,13-15,22-23H,4-5,8-9H2,(H,24,25)(H,26,27)/t13?,14?,15-/m0/s1. The zero-order valence-electron chi connectivity index (χ0n) is 15.3. The van der Waals surface area contributed by atoms with Gasteiger partial charge < -0.3 is 30.1 Å². The third-order valence-corrected chi connectivity index (χ3v) is 5.83. The van der Waals surface area contributed by atoms with Crippen LogP contribution in [0.2, 0.25) is 5.02 Å². The van der Waals surface area contributed by atoms with Crippen LogP contribution in [0.25, 0.3) is 0 Å². The molecule has 0 radical (unpaired) electrons. The fraction of sp³-hybridized carbons (Fsp3) is 0.400. The molecule has 8 nitrogen and oxygen atoms in total. The Balaban J connectivity index is 1.42. The third-order valence-electron chi connectivity index (χ3n) is 5.59. The second-order valence-electron chi connectivity index (χ2n) is 7.37. The van der Waals surface area contributed by atoms with Crippen molar-refractivity contribution in [2.24, 2.45) is 5.92 Å². The largest absolute Gasteiger partial charge is 0.475 e. The summed E-state index contributed by atoms with van der Waals surface area (Å²) in [6.45, 7) is 0.326. The van der Waals surface area contributed by atoms with E-state index in [9.17, 15) is 24.9 Å². The fourth-order valence-corrected chi connectivity index (χ4v) is 4.30. The van der Waals surface area contributed by atoms with Crippen LogP contribution in [-0.4, -0.2) is 45.6 Å². The number of aliphatic carboxylic acids is 2. The van der Waals surface area contributed by atoms with E-state index >= 15 is 0 Å². The summed E-state index contributed by atoms with van der Waals surface area (Å²) in [5.74, 6) is -5.73. The molecule has 2 unspecified atom stereocenters. The summed E-state index contributed by atoms with van der Waals surface area (Å²) in [7, 11) is 0. The van der Waals surface area contributed by atoms with Gasteiger partial charge in [-0.2, -0.15) is 0 Å². The predicted molar refractivity (Wildman–Crippen MR) is 101 cm³/mol. The van der Waals surface area contributed by atoms with Crippen LogP contribution < -0.4 is 5.32 Å². The minimum atomic E-state index is -2.73. The van der Waals surface area contributed by atoms with Crippen molar-refractivity contribution in [1.29, 1.82) is 0 Å². The summed E-state index contributed by atoms with van der Waals surface area (Å²) < 4.78 is 10.5. The van der Waals surface area contributed by atoms with Gasteiger partial charge in [0.1, 0.15) is 5.76 Å². The number of halogens is 1. The number of nitrogens with one attached hydrogen (secondary N) is 1. The Kier molecular flexibility index (Phi) is 5.02. The monoisotopic (exact) mass is 421 g/mol. The van der Waals surface area contributed by atoms with Gasteiger partial charge >= 0.3 is 17.7 Å². The van der Waals surface area contributed by atoms with E-state index in [0.29, 0.717) is 23.6 Å². The number of benzene rings is 1. The van der Waals surface area contributed by atoms with Crippen molar-refractivity contribution in [3.8, 4) is 0 Å². The highest BCUT2D eigenvalue weighted by molar-refractivity contribution is 6.30. The van der Waals surface area contributed by atoms with Gasteiger partial charge in [-0.15, -0.1) is 0 Å². The lowest BCUT2D eigenvalue weighted by Gasteiger charge is -2.25. The number of carbonyl (C=O) groups is 2. The lowest BCUT2D eigenvalue weighted by molar-refractivity contribution is -0.212. The van der Waals surface area contributed by atoms with Crippen molar-refractivity contribution >= 4 is 23.5 Å². The van der Waals surface area contributed by atoms with Crippen molar-refractivity contribution in [2.45, 2.75) is 37.2 Å². The van der Waals surface area contributed by atoms with Crippen molar-refractivity contribution < 1.29 is 34.4 Å². The molecule has 0 aromatic heterocycles. The Morgan fingerprint density at radius 2 is 2.03 bits per heavy atom. The minimum Gasteiger partial charge on any atom is -0.475 e. The topological polar surface area (TPSA) is 125 Å². The van der Waals surface area contributed by atoms with Gasteiger partial charge in [-0.25, -0.2) is 9.59 Å². The first-order valence-electron chi connectivity index (χ1n) is 9.25. The molecule has 1 aromatic rings. The number of carboxylic acid groups (broad SMARTS) is 2. The molecule has 0 spiro atoms. The van der Waals surface area contributed by atoms with E-state index in [1.165, 1.54) is 0 Å². The Morgan fingerprint density at radius 1 is 1.28 bits per heavy atom. The SMILES string of the molecule is O=C(O)C1(C(=O)O)OC2=C(CC3C(=C2)CCC3NC[C@H](O)c2cccc(Cl)c2)O1. The summed E-state index contributed by atoms with van der Waals surface area (Å²) in [5.41, 5.74) is 1.77. The van der Waals surface area contributed by atoms with Crippen molar-refractivity contribution in [1.82, 2.24) is 5.32 Å². The van der Waals surface area contributed by atoms with E-state index in [1.54, 1.807) is 30.3 Å². The number of hydrogen-bond donors (Lipinski definition) is 4. The molecule has 3 atom stereocenters. The predicted octanol–water partition coefficient (Wildman–Crippen LogP) is 2.20. The van der Waals surface area contributed by atoms with Crippen molar-refractivity contribution in [3.05, 3.63) is 58.0 Å². The van der Waals surface area contributed by atoms with E-state index in [4.69, 9.17) is 21.1 Å². The van der Waals surface area contributed by atoms with E-state index in [1.807, 2.05) is 0 Å². The average molecular weight is 422 g/mol. The molecular formula is C20H20ClNO7. The Hall–Kier alpha value is -2.55. The summed E-state index contributed by atoms with van der Waals surface area (Å²) in [6, 6.07) is 7.08. The Morgan fingerprint density at radius 3 is 2.72 bits per heavy atom. The molecule has 1 fully saturated rings. The normalized spacial score (nSPS) is 25.4. The second kappa shape index (κ2) is 7.37. The molecule has 1 aromatic carbocycles. The molecule has 3 aliphatic rings. The van der Waals surface area contributed by atoms with Crippen LogP contribution >= 0.6 is 11.6 Å². The number of ether oxygens (including phenoxy) is 2. The van der Waals surface area contributed by atoms with Gasteiger partial charge in [0.25, 0.3) is 0 Å². The van der Waals surface area contributed by atoms with Gasteiger partial charge in [-0.1, -0.05) is 29.3 Å². The summed E-state index contributed by atoms with van der Waals surface area (Å²) >= 11 is 5.97. The summed E-state index contributed by atoms with van der Waals surface area (Å²) in [5, 5.41) is 32.9. The van der Waals surface area contributed by atoms with Gasteiger partial charge in [-0.3, -0.25) is 0 Å². The molecule has 0 amide bonds. The van der Waals surface area contributed by atoms with Gasteiger partial charge in [-0.05, 0) is 36.6 Å². The van der Waals surface area contributed by atoms with Crippen molar-refractivity contribution in [2.75, 3.05) is 6.54 Å². The molecule has 0 saturated heterocycles. The molecule has 4 rings (SSSR count). The Labute approximate surface area is 171 Å². The summed E-state index contributed by atoms with van der Waals surface area (Å²) in [4.78, 5) is 22.9. The van der Waals surface area contributed by atoms with E-state index in [-0.39, 0.29) is 23.5 Å². The molecule has 1 heterocycles. The second-order valence-corrected chi connectivity index (χ2v) is 7.81. The fourth-order valence-electron chi connectivity index (χ4n) is 4.10. The molecule has 9 heteroatoms. The zero-order valence-corrected chi connectivity index (χ0v) is 16.1. The van der Waals surface area contributed by atoms with Crippen LogP contribution in [0.1, 0.15) is 30.9 Å². The number of aliphatic hydroxyl groups excluding tert-OH is 1. The maximum atomic E-state index is 11.4. The van der Waals surface area contributed by atoms with Crippen LogP contribution in [0.3, 0.4) is 0 Å². The van der Waals surface area contributed by atoms with Crippen molar-refractivity contribution in [3.63, 3.8) is 0 Å². The highest BCUT2D eigenvalue weighted by Crippen LogP contribution is 2.46. The molecule has 4 N–H and O–H groups in total. The molecule has 0 bridgehead atoms. The smallest absolute Gasteiger partial charge is 0.452 e. The van der Waals surface area contributed by atoms with Gasteiger partial charge in [0.15, 0.2) is 5.76 Å². The first-order chi connectivity index (χ1) is 13.8. The van der Waals surface area contributed by atoms with Crippen LogP contribution in [0, 0.1) is 5.92 Å². The van der Waals surface area contributed by atoms with E-state index < -0.39 is 23.8 Å². The highest BCUT2D eigenvalue weighted by atomic mass is 35.5. The van der Waals surface area contributed by atoms with Gasteiger partial charge in [0.05, 0.1) is 6.10 Å². The molecule has 1 saturated carbocycles. The lowest BCUT2D eigenvalue weighted by Crippen LogP contribution is -2.48. The number of carboxylic acids is 2. The van der Waals surface area contributed by atoms with E-state index in [0.717, 1.165) is 18.4 Å². The average Bonchev–Trinajstić information content (AvgIpc) is 3.25. The first kappa shape index (κ1) is 19.8. The number of allylic oxidation sites excluding steroid dienone is 2. The van der Waals surface area contributed by atoms with Crippen LogP contribution in [0.5, 0.6) is 0 Å². The maximum Gasteiger partial charge on any atom is 0.452 e. The minimum absolute atomic E-state index is 0.0160. The molecule has 2 aliphatic carbocycles. The maximum absolute atomic E-state index is 11.4. The lowest BCUT2D eigenvalue weighted by atomic mass is 9.90. The van der Waals surface area contributed by atoms with Crippen LogP contribution in [0.15, 0.2) is 47.4 Å². The quantitative estimate of drug-likeness (QED) is 0.515. The first-order valence-corrected chi connectivity index (χ1v) is 9.63. The molecule has 1 aliphatic heterocycles. The number of hydrogen-bond acceptors (Lipinski definition) is 6. The highest BCUT2D eigenvalue weighted by Gasteiger charge is 2.59. The zero-order chi connectivity index (χ0) is 20.8. The molecule has 29 heavy (non-hydrogen) atoms. The number of rotatable bonds is 6. The van der Waals surface area contributed by atoms with Crippen LogP contribution in [-0.2, 0) is 19.1 Å². The number of fused-ring (bicyclic) bond motifs is 1. The number of aliphatic hydroxyl groups is 1. The van der Waals surface area contributed by atoms with Gasteiger partial charge in [0, 0.05) is 29.9 Å².